The van der Waals surface area contributed by atoms with Crippen molar-refractivity contribution in [2.45, 2.75) is 43.8 Å². The number of hydrogen-bond acceptors (Lipinski definition) is 0. The molecule has 9 heavy (non-hydrogen) atoms. The maximum atomic E-state index is 2.46. The molecular weight excluding hydrogens is 123 g/mol. The molecule has 1 aliphatic rings. The third kappa shape index (κ3) is 1.72. The standard InChI is InChI=1S/C8H15.Al.2H/c1-7-5-3-4-6-8(7)2;;;/h7H,3-6H2,1-2H3;;;. The Hall–Kier alpha value is 0.532. The van der Waals surface area contributed by atoms with Gasteiger partial charge in [-0.3, -0.25) is 0 Å². The third-order valence-corrected chi connectivity index (χ3v) is 4.53. The largest absolute Gasteiger partial charge is 0.221 e. The molecule has 1 saturated carbocycles. The summed E-state index contributed by atoms with van der Waals surface area (Å²) in [4.78, 5) is 0. The SMILES string of the molecule is CC1CCCC[C]1(C)[AlH2]. The predicted octanol–water partition coefficient (Wildman–Crippen LogP) is 2.01. The van der Waals surface area contributed by atoms with Crippen LogP contribution in [0.4, 0.5) is 0 Å². The third-order valence-electron chi connectivity index (χ3n) is 3.04. The van der Waals surface area contributed by atoms with E-state index >= 15 is 0 Å². The minimum Gasteiger partial charge on any atom is -0.0799 e. The van der Waals surface area contributed by atoms with Gasteiger partial charge in [0.15, 0.2) is 0 Å². The zero-order chi connectivity index (χ0) is 6.91. The Morgan fingerprint density at radius 2 is 2.11 bits per heavy atom. The molecule has 0 aliphatic heterocycles. The van der Waals surface area contributed by atoms with Crippen LogP contribution in [0.25, 0.3) is 0 Å². The molecule has 0 saturated heterocycles. The zero-order valence-electron chi connectivity index (χ0n) is 6.91. The second-order valence-corrected chi connectivity index (χ2v) is 6.42. The van der Waals surface area contributed by atoms with Gasteiger partial charge in [-0.15, -0.1) is 0 Å². The topological polar surface area (TPSA) is 0 Å². The van der Waals surface area contributed by atoms with Crippen LogP contribution in [0.15, 0.2) is 0 Å². The van der Waals surface area contributed by atoms with Crippen LogP contribution in [0.3, 0.4) is 0 Å². The van der Waals surface area contributed by atoms with Crippen molar-refractivity contribution in [1.29, 1.82) is 0 Å². The summed E-state index contributed by atoms with van der Waals surface area (Å²) in [5.74, 6) is 1.01. The fourth-order valence-electron chi connectivity index (χ4n) is 1.67. The van der Waals surface area contributed by atoms with Crippen LogP contribution in [-0.4, -0.2) is 16.3 Å². The molecule has 0 amide bonds. The summed E-state index contributed by atoms with van der Waals surface area (Å²) < 4.78 is 0.776. The van der Waals surface area contributed by atoms with Crippen molar-refractivity contribution in [2.75, 3.05) is 0 Å². The highest BCUT2D eigenvalue weighted by Gasteiger charge is 2.27. The van der Waals surface area contributed by atoms with Gasteiger partial charge in [0, 0.05) is 0 Å². The molecule has 1 fully saturated rings. The van der Waals surface area contributed by atoms with Gasteiger partial charge >= 0.3 is 0 Å². The fraction of sp³-hybridized carbons (Fsp3) is 1.00. The van der Waals surface area contributed by atoms with Crippen LogP contribution in [0.2, 0.25) is 4.28 Å². The minimum absolute atomic E-state index is 0.776. The summed E-state index contributed by atoms with van der Waals surface area (Å²) in [5, 5.41) is 0. The van der Waals surface area contributed by atoms with Gasteiger partial charge in [0.2, 0.25) is 16.3 Å². The molecule has 0 aromatic rings. The summed E-state index contributed by atoms with van der Waals surface area (Å²) in [7, 11) is 0. The Kier molecular flexibility index (Phi) is 2.24. The summed E-state index contributed by atoms with van der Waals surface area (Å²) in [5.41, 5.74) is 0. The van der Waals surface area contributed by atoms with Gasteiger partial charge in [0.05, 0.1) is 0 Å². The molecule has 0 aromatic carbocycles. The van der Waals surface area contributed by atoms with Crippen molar-refractivity contribution in [2.24, 2.45) is 5.92 Å². The molecular formula is C8H17Al. The molecule has 2 unspecified atom stereocenters. The second-order valence-electron chi connectivity index (χ2n) is 4.14. The Balaban J connectivity index is 2.49. The normalized spacial score (nSPS) is 44.9. The average Bonchev–Trinajstić information content (AvgIpc) is 1.77. The Morgan fingerprint density at radius 1 is 1.44 bits per heavy atom. The van der Waals surface area contributed by atoms with Crippen LogP contribution >= 0.6 is 0 Å². The first-order chi connectivity index (χ1) is 4.13. The summed E-state index contributed by atoms with van der Waals surface area (Å²) in [6.07, 6.45) is 5.96. The molecule has 0 N–H and O–H groups in total. The van der Waals surface area contributed by atoms with Crippen molar-refractivity contribution in [3.63, 3.8) is 0 Å². The number of rotatable bonds is 0. The van der Waals surface area contributed by atoms with E-state index in [9.17, 15) is 0 Å². The van der Waals surface area contributed by atoms with Crippen molar-refractivity contribution < 1.29 is 0 Å². The van der Waals surface area contributed by atoms with E-state index in [4.69, 9.17) is 0 Å². The van der Waals surface area contributed by atoms with Gasteiger partial charge in [-0.25, -0.2) is 0 Å². The first kappa shape index (κ1) is 7.64. The van der Waals surface area contributed by atoms with Crippen molar-refractivity contribution in [1.82, 2.24) is 0 Å². The van der Waals surface area contributed by atoms with Crippen molar-refractivity contribution in [3.8, 4) is 0 Å². The van der Waals surface area contributed by atoms with E-state index in [1.807, 2.05) is 0 Å². The van der Waals surface area contributed by atoms with Crippen LogP contribution in [0.1, 0.15) is 39.5 Å². The van der Waals surface area contributed by atoms with Crippen LogP contribution < -0.4 is 0 Å². The molecule has 0 bridgehead atoms. The monoisotopic (exact) mass is 140 g/mol. The summed E-state index contributed by atoms with van der Waals surface area (Å²) in [6.45, 7) is 4.88. The molecule has 0 aromatic heterocycles. The van der Waals surface area contributed by atoms with Crippen LogP contribution in [-0.2, 0) is 0 Å². The van der Waals surface area contributed by atoms with E-state index in [2.05, 4.69) is 13.8 Å². The van der Waals surface area contributed by atoms with E-state index < -0.39 is 0 Å². The highest BCUT2D eigenvalue weighted by atomic mass is 27.0. The smallest absolute Gasteiger partial charge is 0.0799 e. The molecule has 0 nitrogen and oxygen atoms in total. The maximum absolute atomic E-state index is 2.46. The van der Waals surface area contributed by atoms with Crippen LogP contribution in [0, 0.1) is 5.92 Å². The summed E-state index contributed by atoms with van der Waals surface area (Å²) >= 11 is 1.39. The highest BCUT2D eigenvalue weighted by molar-refractivity contribution is 6.15. The van der Waals surface area contributed by atoms with E-state index in [0.29, 0.717) is 0 Å². The highest BCUT2D eigenvalue weighted by Crippen LogP contribution is 2.43. The number of hydrogen-bond donors (Lipinski definition) is 0. The maximum Gasteiger partial charge on any atom is 0.221 e. The average molecular weight is 140 g/mol. The second kappa shape index (κ2) is 2.64. The molecule has 52 valence electrons. The molecule has 1 rings (SSSR count). The van der Waals surface area contributed by atoms with E-state index in [0.717, 1.165) is 10.2 Å². The Morgan fingerprint density at radius 3 is 2.44 bits per heavy atom. The van der Waals surface area contributed by atoms with E-state index in [1.54, 1.807) is 0 Å². The lowest BCUT2D eigenvalue weighted by Gasteiger charge is -2.36. The quantitative estimate of drug-likeness (QED) is 0.451. The minimum atomic E-state index is 0.776. The predicted molar refractivity (Wildman–Crippen MR) is 44.5 cm³/mol. The van der Waals surface area contributed by atoms with Crippen molar-refractivity contribution >= 4 is 16.3 Å². The van der Waals surface area contributed by atoms with Gasteiger partial charge in [-0.1, -0.05) is 49.7 Å². The molecule has 2 atom stereocenters. The molecule has 1 heteroatoms. The molecule has 0 heterocycles. The Bertz CT molecular complexity index is 96.7. The lowest BCUT2D eigenvalue weighted by Crippen LogP contribution is -2.22. The van der Waals surface area contributed by atoms with Crippen molar-refractivity contribution in [3.05, 3.63) is 0 Å². The molecule has 0 spiro atoms. The first-order valence-electron chi connectivity index (χ1n) is 4.13. The van der Waals surface area contributed by atoms with Gasteiger partial charge in [-0.05, 0) is 0 Å². The lowest BCUT2D eigenvalue weighted by molar-refractivity contribution is 0.295. The van der Waals surface area contributed by atoms with E-state index in [-0.39, 0.29) is 0 Å². The van der Waals surface area contributed by atoms with E-state index in [1.165, 1.54) is 42.0 Å². The molecule has 1 aliphatic carbocycles. The molecule has 0 radical (unpaired) electrons. The fourth-order valence-corrected chi connectivity index (χ4v) is 2.31. The lowest BCUT2D eigenvalue weighted by atomic mass is 9.80. The Labute approximate surface area is 66.4 Å². The van der Waals surface area contributed by atoms with Gasteiger partial charge in [0.25, 0.3) is 0 Å². The zero-order valence-corrected chi connectivity index (χ0v) is 8.91. The van der Waals surface area contributed by atoms with Gasteiger partial charge in [0.1, 0.15) is 0 Å². The van der Waals surface area contributed by atoms with Gasteiger partial charge in [-0.2, -0.15) is 0 Å². The van der Waals surface area contributed by atoms with Crippen LogP contribution in [0.5, 0.6) is 0 Å². The summed E-state index contributed by atoms with van der Waals surface area (Å²) in [6, 6.07) is 0. The van der Waals surface area contributed by atoms with Gasteiger partial charge < -0.3 is 0 Å². The first-order valence-corrected chi connectivity index (χ1v) is 5.13.